The summed E-state index contributed by atoms with van der Waals surface area (Å²) < 4.78 is 0. The number of benzene rings is 1. The molecule has 1 N–H and O–H groups in total. The van der Waals surface area contributed by atoms with Crippen molar-refractivity contribution in [3.63, 3.8) is 0 Å². The third kappa shape index (κ3) is 2.72. The standard InChI is InChI=1S/C15H18N2O3S/c18-14(19)12-3-1-5-13-11(12)4-2-6-17(13)15(20)16-7-9-21-10-8-16/h1,3,5H,2,4,6-10H2,(H,18,19). The smallest absolute Gasteiger partial charge is 0.336 e. The first kappa shape index (κ1) is 14.3. The highest BCUT2D eigenvalue weighted by molar-refractivity contribution is 7.99. The number of thioether (sulfide) groups is 1. The summed E-state index contributed by atoms with van der Waals surface area (Å²) in [4.78, 5) is 27.7. The molecule has 3 rings (SSSR count). The second-order valence-electron chi connectivity index (χ2n) is 5.25. The SMILES string of the molecule is O=C(O)c1cccc2c1CCCN2C(=O)N1CCSCC1. The van der Waals surface area contributed by atoms with Crippen molar-refractivity contribution < 1.29 is 14.7 Å². The van der Waals surface area contributed by atoms with Gasteiger partial charge in [-0.3, -0.25) is 4.90 Å². The lowest BCUT2D eigenvalue weighted by molar-refractivity contribution is 0.0695. The number of carboxylic acid groups (broad SMARTS) is 1. The molecule has 1 aromatic carbocycles. The van der Waals surface area contributed by atoms with Gasteiger partial charge in [-0.1, -0.05) is 6.07 Å². The highest BCUT2D eigenvalue weighted by Gasteiger charge is 2.29. The van der Waals surface area contributed by atoms with Gasteiger partial charge in [0, 0.05) is 36.8 Å². The highest BCUT2D eigenvalue weighted by atomic mass is 32.2. The summed E-state index contributed by atoms with van der Waals surface area (Å²) in [5, 5.41) is 9.30. The van der Waals surface area contributed by atoms with Crippen LogP contribution in [0.25, 0.3) is 0 Å². The molecule has 0 saturated carbocycles. The summed E-state index contributed by atoms with van der Waals surface area (Å²) in [5.74, 6) is 1.03. The first-order valence-electron chi connectivity index (χ1n) is 7.18. The monoisotopic (exact) mass is 306 g/mol. The van der Waals surface area contributed by atoms with Gasteiger partial charge in [-0.15, -0.1) is 0 Å². The Bertz CT molecular complexity index is 570. The fourth-order valence-electron chi connectivity index (χ4n) is 2.95. The second kappa shape index (κ2) is 5.97. The van der Waals surface area contributed by atoms with Crippen molar-refractivity contribution in [1.29, 1.82) is 0 Å². The average Bonchev–Trinajstić information content (AvgIpc) is 2.53. The Kier molecular flexibility index (Phi) is 4.05. The van der Waals surface area contributed by atoms with Crippen molar-refractivity contribution in [2.24, 2.45) is 0 Å². The molecule has 1 saturated heterocycles. The van der Waals surface area contributed by atoms with Crippen LogP contribution in [-0.4, -0.2) is 53.1 Å². The molecule has 21 heavy (non-hydrogen) atoms. The zero-order chi connectivity index (χ0) is 14.8. The molecule has 1 fully saturated rings. The number of carboxylic acids is 1. The van der Waals surface area contributed by atoms with Crippen LogP contribution < -0.4 is 4.90 Å². The predicted octanol–water partition coefficient (Wildman–Crippen LogP) is 2.31. The minimum atomic E-state index is -0.921. The summed E-state index contributed by atoms with van der Waals surface area (Å²) in [5.41, 5.74) is 1.87. The van der Waals surface area contributed by atoms with Gasteiger partial charge < -0.3 is 10.0 Å². The Balaban J connectivity index is 1.91. The number of hydrogen-bond acceptors (Lipinski definition) is 3. The molecule has 0 atom stereocenters. The number of amides is 2. The predicted molar refractivity (Wildman–Crippen MR) is 83.4 cm³/mol. The molecule has 2 aliphatic rings. The molecule has 2 heterocycles. The lowest BCUT2D eigenvalue weighted by Crippen LogP contribution is -2.48. The summed E-state index contributed by atoms with van der Waals surface area (Å²) in [7, 11) is 0. The molecular formula is C15H18N2O3S. The molecule has 1 aromatic rings. The maximum absolute atomic E-state index is 12.7. The first-order chi connectivity index (χ1) is 10.2. The average molecular weight is 306 g/mol. The minimum absolute atomic E-state index is 0.0128. The largest absolute Gasteiger partial charge is 0.478 e. The van der Waals surface area contributed by atoms with Gasteiger partial charge in [-0.25, -0.2) is 9.59 Å². The Morgan fingerprint density at radius 2 is 1.90 bits per heavy atom. The van der Waals surface area contributed by atoms with Crippen LogP contribution in [0.2, 0.25) is 0 Å². The lowest BCUT2D eigenvalue weighted by Gasteiger charge is -2.36. The fourth-order valence-corrected chi connectivity index (χ4v) is 3.85. The second-order valence-corrected chi connectivity index (χ2v) is 6.47. The van der Waals surface area contributed by atoms with Crippen LogP contribution in [0.15, 0.2) is 18.2 Å². The summed E-state index contributed by atoms with van der Waals surface area (Å²) >= 11 is 1.86. The number of carbonyl (C=O) groups is 2. The van der Waals surface area contributed by atoms with Crippen LogP contribution in [0.4, 0.5) is 10.5 Å². The van der Waals surface area contributed by atoms with E-state index in [9.17, 15) is 14.7 Å². The van der Waals surface area contributed by atoms with E-state index in [1.54, 1.807) is 17.0 Å². The number of fused-ring (bicyclic) bond motifs is 1. The van der Waals surface area contributed by atoms with E-state index in [0.717, 1.165) is 48.7 Å². The normalized spacial score (nSPS) is 18.3. The Labute approximate surface area is 127 Å². The van der Waals surface area contributed by atoms with E-state index in [0.29, 0.717) is 12.1 Å². The van der Waals surface area contributed by atoms with Crippen LogP contribution in [0.3, 0.4) is 0 Å². The molecular weight excluding hydrogens is 288 g/mol. The highest BCUT2D eigenvalue weighted by Crippen LogP contribution is 2.31. The molecule has 0 aromatic heterocycles. The van der Waals surface area contributed by atoms with Gasteiger partial charge in [0.15, 0.2) is 0 Å². The number of hydrogen-bond donors (Lipinski definition) is 1. The number of rotatable bonds is 1. The van der Waals surface area contributed by atoms with Crippen LogP contribution in [-0.2, 0) is 6.42 Å². The van der Waals surface area contributed by atoms with Crippen molar-refractivity contribution in [2.45, 2.75) is 12.8 Å². The number of carbonyl (C=O) groups excluding carboxylic acids is 1. The van der Waals surface area contributed by atoms with Gasteiger partial charge >= 0.3 is 12.0 Å². The zero-order valence-corrected chi connectivity index (χ0v) is 12.6. The number of aromatic carboxylic acids is 1. The van der Waals surface area contributed by atoms with Crippen molar-refractivity contribution in [3.8, 4) is 0 Å². The van der Waals surface area contributed by atoms with Gasteiger partial charge in [0.05, 0.1) is 5.56 Å². The first-order valence-corrected chi connectivity index (χ1v) is 8.33. The quantitative estimate of drug-likeness (QED) is 0.865. The summed E-state index contributed by atoms with van der Waals surface area (Å²) in [6, 6.07) is 5.21. The topological polar surface area (TPSA) is 60.9 Å². The molecule has 0 bridgehead atoms. The van der Waals surface area contributed by atoms with E-state index in [4.69, 9.17) is 0 Å². The molecule has 5 nitrogen and oxygen atoms in total. The van der Waals surface area contributed by atoms with Crippen molar-refractivity contribution in [3.05, 3.63) is 29.3 Å². The van der Waals surface area contributed by atoms with Crippen LogP contribution in [0.1, 0.15) is 22.3 Å². The van der Waals surface area contributed by atoms with Gasteiger partial charge in [0.2, 0.25) is 0 Å². The lowest BCUT2D eigenvalue weighted by atomic mass is 9.96. The van der Waals surface area contributed by atoms with E-state index in [2.05, 4.69) is 0 Å². The number of anilines is 1. The maximum Gasteiger partial charge on any atom is 0.336 e. The molecule has 6 heteroatoms. The maximum atomic E-state index is 12.7. The minimum Gasteiger partial charge on any atom is -0.478 e. The summed E-state index contributed by atoms with van der Waals surface area (Å²) in [6.07, 6.45) is 1.53. The van der Waals surface area contributed by atoms with Crippen LogP contribution >= 0.6 is 11.8 Å². The molecule has 2 aliphatic heterocycles. The van der Waals surface area contributed by atoms with E-state index in [1.165, 1.54) is 0 Å². The van der Waals surface area contributed by atoms with E-state index < -0.39 is 5.97 Å². The Hall–Kier alpha value is -1.69. The number of urea groups is 1. The Morgan fingerprint density at radius 3 is 2.62 bits per heavy atom. The van der Waals surface area contributed by atoms with Crippen molar-refractivity contribution >= 4 is 29.4 Å². The van der Waals surface area contributed by atoms with Gasteiger partial charge in [0.25, 0.3) is 0 Å². The molecule has 0 aliphatic carbocycles. The summed E-state index contributed by atoms with van der Waals surface area (Å²) in [6.45, 7) is 2.21. The van der Waals surface area contributed by atoms with Gasteiger partial charge in [-0.05, 0) is 30.5 Å². The molecule has 112 valence electrons. The molecule has 0 radical (unpaired) electrons. The van der Waals surface area contributed by atoms with Gasteiger partial charge in [0.1, 0.15) is 0 Å². The van der Waals surface area contributed by atoms with E-state index in [-0.39, 0.29) is 6.03 Å². The van der Waals surface area contributed by atoms with Crippen molar-refractivity contribution in [1.82, 2.24) is 4.90 Å². The molecule has 0 spiro atoms. The van der Waals surface area contributed by atoms with Crippen LogP contribution in [0.5, 0.6) is 0 Å². The third-order valence-corrected chi connectivity index (χ3v) is 4.94. The fraction of sp³-hybridized carbons (Fsp3) is 0.467. The van der Waals surface area contributed by atoms with Crippen molar-refractivity contribution in [2.75, 3.05) is 36.0 Å². The zero-order valence-electron chi connectivity index (χ0n) is 11.7. The molecule has 0 unspecified atom stereocenters. The van der Waals surface area contributed by atoms with Crippen LogP contribution in [0, 0.1) is 0 Å². The van der Waals surface area contributed by atoms with E-state index in [1.807, 2.05) is 22.7 Å². The van der Waals surface area contributed by atoms with Gasteiger partial charge in [-0.2, -0.15) is 11.8 Å². The molecule has 2 amide bonds. The number of nitrogens with zero attached hydrogens (tertiary/aromatic N) is 2. The Morgan fingerprint density at radius 1 is 1.14 bits per heavy atom. The van der Waals surface area contributed by atoms with E-state index >= 15 is 0 Å². The third-order valence-electron chi connectivity index (χ3n) is 3.99.